The summed E-state index contributed by atoms with van der Waals surface area (Å²) in [6.07, 6.45) is 0.167. The fourth-order valence-corrected chi connectivity index (χ4v) is 1.04. The first-order valence-electron chi connectivity index (χ1n) is 5.19. The number of ether oxygens (including phenoxy) is 1. The third-order valence-corrected chi connectivity index (χ3v) is 1.64. The van der Waals surface area contributed by atoms with Crippen LogP contribution >= 0.6 is 0 Å². The van der Waals surface area contributed by atoms with Crippen LogP contribution in [0.3, 0.4) is 0 Å². The van der Waals surface area contributed by atoms with E-state index in [2.05, 4.69) is 0 Å². The number of nitrogens with two attached hydrogens (primary N) is 1. The highest BCUT2D eigenvalue weighted by molar-refractivity contribution is 5.68. The number of rotatable bonds is 5. The van der Waals surface area contributed by atoms with Crippen LogP contribution in [0.4, 0.5) is 4.79 Å². The van der Waals surface area contributed by atoms with Crippen molar-refractivity contribution in [2.45, 2.75) is 32.8 Å². The van der Waals surface area contributed by atoms with E-state index in [1.165, 1.54) is 4.90 Å². The van der Waals surface area contributed by atoms with Crippen molar-refractivity contribution >= 4 is 6.09 Å². The third-order valence-electron chi connectivity index (χ3n) is 1.64. The molecule has 0 bridgehead atoms. The minimum Gasteiger partial charge on any atom is -0.444 e. The van der Waals surface area contributed by atoms with Gasteiger partial charge in [0.05, 0.1) is 0 Å². The van der Waals surface area contributed by atoms with E-state index in [0.29, 0.717) is 26.1 Å². The summed E-state index contributed by atoms with van der Waals surface area (Å²) in [6, 6.07) is 0. The van der Waals surface area contributed by atoms with E-state index in [0.717, 1.165) is 0 Å². The Kier molecular flexibility index (Phi) is 6.27. The van der Waals surface area contributed by atoms with Crippen molar-refractivity contribution < 1.29 is 14.6 Å². The minimum absolute atomic E-state index is 0.0594. The van der Waals surface area contributed by atoms with Crippen molar-refractivity contribution in [1.82, 2.24) is 4.90 Å². The molecule has 0 unspecified atom stereocenters. The Labute approximate surface area is 91.2 Å². The first kappa shape index (κ1) is 14.2. The summed E-state index contributed by atoms with van der Waals surface area (Å²) in [5.74, 6) is 0. The largest absolute Gasteiger partial charge is 0.444 e. The van der Waals surface area contributed by atoms with Gasteiger partial charge in [-0.05, 0) is 27.2 Å². The SMILES string of the molecule is CC(C)(C)OC(=O)N(CCN)CCCO. The Bertz CT molecular complexity index is 190. The van der Waals surface area contributed by atoms with Gasteiger partial charge in [0, 0.05) is 26.2 Å². The van der Waals surface area contributed by atoms with Gasteiger partial charge in [-0.1, -0.05) is 0 Å². The number of carbonyl (C=O) groups is 1. The van der Waals surface area contributed by atoms with E-state index < -0.39 is 5.60 Å². The molecule has 1 amide bonds. The van der Waals surface area contributed by atoms with E-state index in [-0.39, 0.29) is 12.7 Å². The topological polar surface area (TPSA) is 75.8 Å². The lowest BCUT2D eigenvalue weighted by atomic mass is 10.2. The van der Waals surface area contributed by atoms with Crippen LogP contribution in [0.1, 0.15) is 27.2 Å². The van der Waals surface area contributed by atoms with Crippen LogP contribution in [0.15, 0.2) is 0 Å². The van der Waals surface area contributed by atoms with Gasteiger partial charge in [-0.25, -0.2) is 4.79 Å². The molecule has 0 aliphatic heterocycles. The Morgan fingerprint density at radius 1 is 1.40 bits per heavy atom. The smallest absolute Gasteiger partial charge is 0.410 e. The van der Waals surface area contributed by atoms with Crippen LogP contribution in [0.25, 0.3) is 0 Å². The van der Waals surface area contributed by atoms with Gasteiger partial charge in [0.2, 0.25) is 0 Å². The maximum atomic E-state index is 11.6. The second-order valence-electron chi connectivity index (χ2n) is 4.33. The number of aliphatic hydroxyl groups excluding tert-OH is 1. The quantitative estimate of drug-likeness (QED) is 0.707. The van der Waals surface area contributed by atoms with Gasteiger partial charge < -0.3 is 20.5 Å². The van der Waals surface area contributed by atoms with Crippen molar-refractivity contribution in [2.75, 3.05) is 26.2 Å². The first-order valence-corrected chi connectivity index (χ1v) is 5.19. The predicted octanol–water partition coefficient (Wildman–Crippen LogP) is 0.565. The Balaban J connectivity index is 4.15. The molecule has 0 spiro atoms. The van der Waals surface area contributed by atoms with E-state index in [1.54, 1.807) is 0 Å². The number of hydrogen-bond acceptors (Lipinski definition) is 4. The molecule has 5 heteroatoms. The molecule has 0 rings (SSSR count). The molecule has 0 aromatic heterocycles. The van der Waals surface area contributed by atoms with Crippen LogP contribution in [0.2, 0.25) is 0 Å². The maximum absolute atomic E-state index is 11.6. The summed E-state index contributed by atoms with van der Waals surface area (Å²) in [4.78, 5) is 13.1. The summed E-state index contributed by atoms with van der Waals surface area (Å²) in [5.41, 5.74) is 4.89. The molecular formula is C10H22N2O3. The molecule has 90 valence electrons. The zero-order valence-electron chi connectivity index (χ0n) is 9.82. The van der Waals surface area contributed by atoms with Gasteiger partial charge >= 0.3 is 6.09 Å². The number of nitrogens with zero attached hydrogens (tertiary/aromatic N) is 1. The van der Waals surface area contributed by atoms with Gasteiger partial charge in [-0.15, -0.1) is 0 Å². The van der Waals surface area contributed by atoms with Gasteiger partial charge in [0.15, 0.2) is 0 Å². The molecule has 5 nitrogen and oxygen atoms in total. The molecule has 0 saturated heterocycles. The molecule has 0 aromatic carbocycles. The number of carbonyl (C=O) groups excluding carboxylic acids is 1. The van der Waals surface area contributed by atoms with Crippen molar-refractivity contribution in [3.05, 3.63) is 0 Å². The molecule has 0 radical (unpaired) electrons. The summed E-state index contributed by atoms with van der Waals surface area (Å²) in [7, 11) is 0. The van der Waals surface area contributed by atoms with Crippen LogP contribution in [-0.4, -0.2) is 47.9 Å². The normalized spacial score (nSPS) is 11.3. The van der Waals surface area contributed by atoms with Gasteiger partial charge in [0.25, 0.3) is 0 Å². The lowest BCUT2D eigenvalue weighted by Gasteiger charge is -2.26. The average Bonchev–Trinajstić information content (AvgIpc) is 2.09. The highest BCUT2D eigenvalue weighted by Crippen LogP contribution is 2.09. The van der Waals surface area contributed by atoms with Crippen LogP contribution in [-0.2, 0) is 4.74 Å². The molecule has 0 heterocycles. The van der Waals surface area contributed by atoms with Crippen molar-refractivity contribution in [3.63, 3.8) is 0 Å². The lowest BCUT2D eigenvalue weighted by Crippen LogP contribution is -2.40. The van der Waals surface area contributed by atoms with E-state index in [4.69, 9.17) is 15.6 Å². The third kappa shape index (κ3) is 7.16. The van der Waals surface area contributed by atoms with Gasteiger partial charge in [0.1, 0.15) is 5.60 Å². The fourth-order valence-electron chi connectivity index (χ4n) is 1.04. The van der Waals surface area contributed by atoms with Gasteiger partial charge in [-0.3, -0.25) is 0 Å². The molecule has 0 saturated carbocycles. The highest BCUT2D eigenvalue weighted by Gasteiger charge is 2.20. The Hall–Kier alpha value is -0.810. The molecule has 0 aliphatic carbocycles. The van der Waals surface area contributed by atoms with Crippen LogP contribution in [0, 0.1) is 0 Å². The predicted molar refractivity (Wildman–Crippen MR) is 58.6 cm³/mol. The number of hydrogen-bond donors (Lipinski definition) is 2. The highest BCUT2D eigenvalue weighted by atomic mass is 16.6. The summed E-state index contributed by atoms with van der Waals surface area (Å²) >= 11 is 0. The van der Waals surface area contributed by atoms with Crippen LogP contribution < -0.4 is 5.73 Å². The van der Waals surface area contributed by atoms with E-state index in [9.17, 15) is 4.79 Å². The van der Waals surface area contributed by atoms with E-state index in [1.807, 2.05) is 20.8 Å². The lowest BCUT2D eigenvalue weighted by molar-refractivity contribution is 0.0246. The van der Waals surface area contributed by atoms with Crippen LogP contribution in [0.5, 0.6) is 0 Å². The molecule has 0 aliphatic rings. The second-order valence-corrected chi connectivity index (χ2v) is 4.33. The molecular weight excluding hydrogens is 196 g/mol. The van der Waals surface area contributed by atoms with Crippen molar-refractivity contribution in [2.24, 2.45) is 5.73 Å². The fraction of sp³-hybridized carbons (Fsp3) is 0.900. The molecule has 15 heavy (non-hydrogen) atoms. The zero-order valence-corrected chi connectivity index (χ0v) is 9.82. The van der Waals surface area contributed by atoms with Gasteiger partial charge in [-0.2, -0.15) is 0 Å². The first-order chi connectivity index (χ1) is 6.90. The molecule has 3 N–H and O–H groups in total. The van der Waals surface area contributed by atoms with E-state index >= 15 is 0 Å². The molecule has 0 fully saturated rings. The number of aliphatic hydroxyl groups is 1. The summed E-state index contributed by atoms with van der Waals surface area (Å²) < 4.78 is 5.20. The maximum Gasteiger partial charge on any atom is 0.410 e. The van der Waals surface area contributed by atoms with Crippen molar-refractivity contribution in [1.29, 1.82) is 0 Å². The number of amides is 1. The zero-order chi connectivity index (χ0) is 11.9. The summed E-state index contributed by atoms with van der Waals surface area (Å²) in [5, 5.41) is 8.69. The Morgan fingerprint density at radius 3 is 2.40 bits per heavy atom. The second kappa shape index (κ2) is 6.63. The minimum atomic E-state index is -0.497. The summed E-state index contributed by atoms with van der Waals surface area (Å²) in [6.45, 7) is 6.83. The standard InChI is InChI=1S/C10H22N2O3/c1-10(2,3)15-9(14)12(7-5-11)6-4-8-13/h13H,4-8,11H2,1-3H3. The van der Waals surface area contributed by atoms with Crippen molar-refractivity contribution in [3.8, 4) is 0 Å². The molecule has 0 atom stereocenters. The molecule has 0 aromatic rings. The Morgan fingerprint density at radius 2 is 2.00 bits per heavy atom. The average molecular weight is 218 g/mol. The monoisotopic (exact) mass is 218 g/mol.